The second-order valence-corrected chi connectivity index (χ2v) is 4.96. The number of rotatable bonds is 2. The van der Waals surface area contributed by atoms with Gasteiger partial charge in [-0.1, -0.05) is 0 Å². The number of thiazole rings is 1. The second-order valence-electron chi connectivity index (χ2n) is 4.07. The minimum absolute atomic E-state index is 0.478. The van der Waals surface area contributed by atoms with Crippen molar-refractivity contribution >= 4 is 38.6 Å². The van der Waals surface area contributed by atoms with Gasteiger partial charge in [0.15, 0.2) is 0 Å². The molecule has 19 heavy (non-hydrogen) atoms. The fourth-order valence-electron chi connectivity index (χ4n) is 1.84. The summed E-state index contributed by atoms with van der Waals surface area (Å²) in [6.07, 6.45) is 0. The van der Waals surface area contributed by atoms with E-state index in [1.807, 2.05) is 35.8 Å². The zero-order valence-corrected chi connectivity index (χ0v) is 10.7. The predicted molar refractivity (Wildman–Crippen MR) is 78.5 cm³/mol. The van der Waals surface area contributed by atoms with Gasteiger partial charge in [0.05, 0.1) is 27.0 Å². The van der Waals surface area contributed by atoms with E-state index in [-0.39, 0.29) is 0 Å². The lowest BCUT2D eigenvalue weighted by Gasteiger charge is -2.07. The van der Waals surface area contributed by atoms with Crippen molar-refractivity contribution in [3.63, 3.8) is 0 Å². The van der Waals surface area contributed by atoms with Crippen LogP contribution in [0.4, 0.5) is 17.1 Å². The van der Waals surface area contributed by atoms with E-state index in [1.165, 1.54) is 0 Å². The molecule has 4 nitrogen and oxygen atoms in total. The standard InChI is InChI=1S/C14H10N4S/c15-7-9-1-2-10(5-12(9)16)18-11-3-4-13-14(6-11)19-8-17-13/h1-6,8,18H,16H2. The highest BCUT2D eigenvalue weighted by atomic mass is 32.1. The van der Waals surface area contributed by atoms with E-state index in [2.05, 4.69) is 10.3 Å². The molecule has 1 heterocycles. The fraction of sp³-hybridized carbons (Fsp3) is 0. The number of benzene rings is 2. The first-order valence-corrected chi connectivity index (χ1v) is 6.54. The van der Waals surface area contributed by atoms with Crippen molar-refractivity contribution in [2.45, 2.75) is 0 Å². The molecule has 5 heteroatoms. The average molecular weight is 266 g/mol. The zero-order chi connectivity index (χ0) is 13.2. The minimum atomic E-state index is 0.478. The van der Waals surface area contributed by atoms with Crippen LogP contribution in [0, 0.1) is 11.3 Å². The van der Waals surface area contributed by atoms with E-state index >= 15 is 0 Å². The summed E-state index contributed by atoms with van der Waals surface area (Å²) in [6.45, 7) is 0. The molecular formula is C14H10N4S. The monoisotopic (exact) mass is 266 g/mol. The summed E-state index contributed by atoms with van der Waals surface area (Å²) in [5.41, 5.74) is 11.4. The van der Waals surface area contributed by atoms with E-state index in [4.69, 9.17) is 11.0 Å². The van der Waals surface area contributed by atoms with Gasteiger partial charge in [0.2, 0.25) is 0 Å². The maximum absolute atomic E-state index is 8.84. The maximum atomic E-state index is 8.84. The molecule has 0 saturated carbocycles. The molecule has 0 bridgehead atoms. The summed E-state index contributed by atoms with van der Waals surface area (Å²) in [6, 6.07) is 13.3. The third-order valence-corrected chi connectivity index (χ3v) is 3.58. The molecule has 0 aliphatic rings. The molecule has 3 aromatic rings. The number of anilines is 3. The lowest BCUT2D eigenvalue weighted by Crippen LogP contribution is -1.94. The van der Waals surface area contributed by atoms with Crippen molar-refractivity contribution in [1.29, 1.82) is 5.26 Å². The molecule has 2 aromatic carbocycles. The quantitative estimate of drug-likeness (QED) is 0.696. The number of nitrogens with two attached hydrogens (primary N) is 1. The van der Waals surface area contributed by atoms with Crippen LogP contribution in [-0.4, -0.2) is 4.98 Å². The number of nitriles is 1. The third-order valence-electron chi connectivity index (χ3n) is 2.79. The smallest absolute Gasteiger partial charge is 0.101 e. The Morgan fingerprint density at radius 2 is 1.95 bits per heavy atom. The van der Waals surface area contributed by atoms with Crippen LogP contribution in [0.3, 0.4) is 0 Å². The molecule has 0 spiro atoms. The first kappa shape index (κ1) is 11.5. The van der Waals surface area contributed by atoms with Crippen LogP contribution in [0.25, 0.3) is 10.2 Å². The number of aromatic nitrogens is 1. The van der Waals surface area contributed by atoms with Gasteiger partial charge < -0.3 is 11.1 Å². The van der Waals surface area contributed by atoms with Gasteiger partial charge in [-0.05, 0) is 36.4 Å². The highest BCUT2D eigenvalue weighted by Gasteiger charge is 2.02. The molecule has 3 rings (SSSR count). The molecular weight excluding hydrogens is 256 g/mol. The Morgan fingerprint density at radius 1 is 1.16 bits per heavy atom. The number of nitrogen functional groups attached to an aromatic ring is 1. The highest BCUT2D eigenvalue weighted by molar-refractivity contribution is 7.16. The van der Waals surface area contributed by atoms with Gasteiger partial charge >= 0.3 is 0 Å². The Morgan fingerprint density at radius 3 is 2.74 bits per heavy atom. The molecule has 0 amide bonds. The molecule has 1 aromatic heterocycles. The Kier molecular flexibility index (Phi) is 2.78. The Balaban J connectivity index is 1.92. The Bertz CT molecular complexity index is 785. The molecule has 3 N–H and O–H groups in total. The number of hydrogen-bond donors (Lipinski definition) is 2. The maximum Gasteiger partial charge on any atom is 0.101 e. The van der Waals surface area contributed by atoms with Crippen LogP contribution in [0.15, 0.2) is 41.9 Å². The third kappa shape index (κ3) is 2.21. The van der Waals surface area contributed by atoms with Gasteiger partial charge in [-0.25, -0.2) is 4.98 Å². The lowest BCUT2D eigenvalue weighted by atomic mass is 10.1. The van der Waals surface area contributed by atoms with Crippen LogP contribution in [-0.2, 0) is 0 Å². The number of nitrogens with one attached hydrogen (secondary N) is 1. The van der Waals surface area contributed by atoms with Crippen molar-refractivity contribution in [1.82, 2.24) is 4.98 Å². The van der Waals surface area contributed by atoms with Crippen LogP contribution in [0.2, 0.25) is 0 Å². The molecule has 0 radical (unpaired) electrons. The van der Waals surface area contributed by atoms with Gasteiger partial charge in [0.1, 0.15) is 6.07 Å². The summed E-state index contributed by atoms with van der Waals surface area (Å²) in [5.74, 6) is 0. The van der Waals surface area contributed by atoms with Gasteiger partial charge in [0, 0.05) is 11.4 Å². The SMILES string of the molecule is N#Cc1ccc(Nc2ccc3ncsc3c2)cc1N. The molecule has 0 fully saturated rings. The molecule has 92 valence electrons. The van der Waals surface area contributed by atoms with Gasteiger partial charge in [-0.3, -0.25) is 0 Å². The Labute approximate surface area is 114 Å². The summed E-state index contributed by atoms with van der Waals surface area (Å²) in [7, 11) is 0. The van der Waals surface area contributed by atoms with E-state index in [1.54, 1.807) is 23.5 Å². The average Bonchev–Trinajstić information content (AvgIpc) is 2.86. The van der Waals surface area contributed by atoms with E-state index in [9.17, 15) is 0 Å². The van der Waals surface area contributed by atoms with Crippen LogP contribution >= 0.6 is 11.3 Å². The van der Waals surface area contributed by atoms with Crippen molar-refractivity contribution in [2.24, 2.45) is 0 Å². The first-order valence-electron chi connectivity index (χ1n) is 5.66. The number of nitrogens with zero attached hydrogens (tertiary/aromatic N) is 2. The minimum Gasteiger partial charge on any atom is -0.398 e. The molecule has 0 aliphatic heterocycles. The molecule has 0 saturated heterocycles. The van der Waals surface area contributed by atoms with Crippen LogP contribution in [0.1, 0.15) is 5.56 Å². The highest BCUT2D eigenvalue weighted by Crippen LogP contribution is 2.25. The van der Waals surface area contributed by atoms with Gasteiger partial charge in [-0.15, -0.1) is 11.3 Å². The summed E-state index contributed by atoms with van der Waals surface area (Å²) < 4.78 is 1.13. The van der Waals surface area contributed by atoms with Crippen molar-refractivity contribution in [2.75, 3.05) is 11.1 Å². The van der Waals surface area contributed by atoms with Crippen molar-refractivity contribution in [3.8, 4) is 6.07 Å². The molecule has 0 aliphatic carbocycles. The molecule has 0 unspecified atom stereocenters. The van der Waals surface area contributed by atoms with Crippen molar-refractivity contribution < 1.29 is 0 Å². The van der Waals surface area contributed by atoms with Gasteiger partial charge in [-0.2, -0.15) is 5.26 Å². The lowest BCUT2D eigenvalue weighted by molar-refractivity contribution is 1.47. The summed E-state index contributed by atoms with van der Waals surface area (Å²) in [4.78, 5) is 4.24. The Hall–Kier alpha value is -2.58. The predicted octanol–water partition coefficient (Wildman–Crippen LogP) is 3.49. The van der Waals surface area contributed by atoms with E-state index in [0.29, 0.717) is 11.3 Å². The largest absolute Gasteiger partial charge is 0.398 e. The second kappa shape index (κ2) is 4.59. The summed E-state index contributed by atoms with van der Waals surface area (Å²) in [5, 5.41) is 12.1. The van der Waals surface area contributed by atoms with E-state index < -0.39 is 0 Å². The normalized spacial score (nSPS) is 10.3. The van der Waals surface area contributed by atoms with E-state index in [0.717, 1.165) is 21.6 Å². The topological polar surface area (TPSA) is 74.7 Å². The van der Waals surface area contributed by atoms with Crippen molar-refractivity contribution in [3.05, 3.63) is 47.5 Å². The molecule has 0 atom stereocenters. The van der Waals surface area contributed by atoms with Crippen LogP contribution in [0.5, 0.6) is 0 Å². The van der Waals surface area contributed by atoms with Gasteiger partial charge in [0.25, 0.3) is 0 Å². The fourth-order valence-corrected chi connectivity index (χ4v) is 2.56. The zero-order valence-electron chi connectivity index (χ0n) is 9.92. The number of hydrogen-bond acceptors (Lipinski definition) is 5. The number of fused-ring (bicyclic) bond motifs is 1. The first-order chi connectivity index (χ1) is 9.26. The van der Waals surface area contributed by atoms with Crippen LogP contribution < -0.4 is 11.1 Å². The summed E-state index contributed by atoms with van der Waals surface area (Å²) >= 11 is 1.60.